The normalized spacial score (nSPS) is 12.2. The van der Waals surface area contributed by atoms with Gasteiger partial charge in [-0.15, -0.1) is 22.7 Å². The predicted octanol–water partition coefficient (Wildman–Crippen LogP) is 3.34. The fraction of sp³-hybridized carbons (Fsp3) is 0.400. The van der Waals surface area contributed by atoms with Crippen LogP contribution >= 0.6 is 22.7 Å². The van der Waals surface area contributed by atoms with Crippen molar-refractivity contribution < 1.29 is 12.9 Å². The molecule has 0 amide bonds. The number of nitrogens with zero attached hydrogens (tertiary/aromatic N) is 4. The summed E-state index contributed by atoms with van der Waals surface area (Å²) in [5.41, 5.74) is 0.803. The first-order valence-corrected chi connectivity index (χ1v) is 10.8. The number of rotatable bonds is 7. The molecule has 3 heterocycles. The van der Waals surface area contributed by atoms with Crippen molar-refractivity contribution in [3.05, 3.63) is 34.2 Å². The van der Waals surface area contributed by atoms with Crippen molar-refractivity contribution >= 4 is 32.7 Å². The third-order valence-corrected chi connectivity index (χ3v) is 7.61. The zero-order valence-corrected chi connectivity index (χ0v) is 16.5. The van der Waals surface area contributed by atoms with Gasteiger partial charge in [0, 0.05) is 18.8 Å². The largest absolute Gasteiger partial charge is 0.338 e. The van der Waals surface area contributed by atoms with E-state index in [4.69, 9.17) is 4.52 Å². The number of thiophene rings is 1. The lowest BCUT2D eigenvalue weighted by Gasteiger charge is -2.13. The van der Waals surface area contributed by atoms with Crippen molar-refractivity contribution in [2.75, 3.05) is 7.05 Å². The number of aromatic nitrogens is 3. The molecule has 0 aromatic carbocycles. The Bertz CT molecular complexity index is 958. The zero-order chi connectivity index (χ0) is 18.0. The van der Waals surface area contributed by atoms with Crippen LogP contribution in [0.15, 0.2) is 26.2 Å². The Kier molecular flexibility index (Phi) is 5.32. The SMILES string of the molecule is CCCc1noc(CN(C)S(=O)(=O)c2ccc(-c3csc(C)n3)s2)n1. The molecular weight excluding hydrogens is 380 g/mol. The monoisotopic (exact) mass is 398 g/mol. The lowest BCUT2D eigenvalue weighted by atomic mass is 10.3. The van der Waals surface area contributed by atoms with Gasteiger partial charge >= 0.3 is 0 Å². The summed E-state index contributed by atoms with van der Waals surface area (Å²) in [6, 6.07) is 3.39. The molecule has 0 saturated heterocycles. The molecule has 0 radical (unpaired) electrons. The zero-order valence-electron chi connectivity index (χ0n) is 14.1. The molecule has 0 N–H and O–H groups in total. The smallest absolute Gasteiger partial charge is 0.252 e. The van der Waals surface area contributed by atoms with E-state index in [0.717, 1.165) is 22.0 Å². The molecule has 7 nitrogen and oxygen atoms in total. The number of thiazole rings is 1. The molecule has 0 saturated carbocycles. The fourth-order valence-corrected chi connectivity index (χ4v) is 5.47. The van der Waals surface area contributed by atoms with Crippen LogP contribution in [0, 0.1) is 6.92 Å². The molecule has 3 aromatic heterocycles. The van der Waals surface area contributed by atoms with E-state index in [9.17, 15) is 8.42 Å². The molecule has 3 rings (SSSR count). The summed E-state index contributed by atoms with van der Waals surface area (Å²) in [4.78, 5) is 9.44. The van der Waals surface area contributed by atoms with Gasteiger partial charge in [-0.2, -0.15) is 9.29 Å². The Morgan fingerprint density at radius 3 is 2.76 bits per heavy atom. The van der Waals surface area contributed by atoms with Gasteiger partial charge in [0.25, 0.3) is 10.0 Å². The summed E-state index contributed by atoms with van der Waals surface area (Å²) in [6.07, 6.45) is 1.61. The second kappa shape index (κ2) is 7.32. The second-order valence-corrected chi connectivity index (χ2v) is 9.90. The van der Waals surface area contributed by atoms with Crippen LogP contribution in [-0.2, 0) is 23.0 Å². The standard InChI is InChI=1S/C15H18N4O3S3/c1-4-5-13-17-14(22-18-13)8-19(3)25(20,21)15-7-6-12(24-15)11-9-23-10(2)16-11/h6-7,9H,4-5,8H2,1-3H3. The van der Waals surface area contributed by atoms with Crippen molar-refractivity contribution in [1.29, 1.82) is 0 Å². The average Bonchev–Trinajstić information content (AvgIpc) is 3.28. The van der Waals surface area contributed by atoms with Gasteiger partial charge in [-0.3, -0.25) is 0 Å². The minimum Gasteiger partial charge on any atom is -0.338 e. The molecule has 0 aliphatic rings. The van der Waals surface area contributed by atoms with Gasteiger partial charge < -0.3 is 4.52 Å². The summed E-state index contributed by atoms with van der Waals surface area (Å²) in [7, 11) is -2.12. The molecule has 0 aliphatic carbocycles. The highest BCUT2D eigenvalue weighted by Gasteiger charge is 2.25. The minimum atomic E-state index is -3.62. The van der Waals surface area contributed by atoms with Gasteiger partial charge in [0.15, 0.2) is 5.82 Å². The van der Waals surface area contributed by atoms with Crippen molar-refractivity contribution in [2.45, 2.75) is 37.4 Å². The summed E-state index contributed by atoms with van der Waals surface area (Å²) >= 11 is 2.74. The van der Waals surface area contributed by atoms with Crippen LogP contribution in [0.2, 0.25) is 0 Å². The number of hydrogen-bond acceptors (Lipinski definition) is 8. The van der Waals surface area contributed by atoms with Gasteiger partial charge in [-0.25, -0.2) is 13.4 Å². The highest BCUT2D eigenvalue weighted by molar-refractivity contribution is 7.91. The van der Waals surface area contributed by atoms with E-state index < -0.39 is 10.0 Å². The third-order valence-electron chi connectivity index (χ3n) is 3.46. The molecule has 134 valence electrons. The topological polar surface area (TPSA) is 89.2 Å². The Morgan fingerprint density at radius 2 is 2.08 bits per heavy atom. The van der Waals surface area contributed by atoms with Crippen molar-refractivity contribution in [3.63, 3.8) is 0 Å². The van der Waals surface area contributed by atoms with Crippen LogP contribution in [0.1, 0.15) is 30.1 Å². The highest BCUT2D eigenvalue weighted by atomic mass is 32.2. The van der Waals surface area contributed by atoms with E-state index in [1.54, 1.807) is 12.1 Å². The van der Waals surface area contributed by atoms with Gasteiger partial charge in [0.1, 0.15) is 4.21 Å². The number of sulfonamides is 1. The van der Waals surface area contributed by atoms with E-state index in [1.807, 2.05) is 19.2 Å². The van der Waals surface area contributed by atoms with E-state index in [1.165, 1.54) is 34.0 Å². The van der Waals surface area contributed by atoms with Gasteiger partial charge in [0.2, 0.25) is 5.89 Å². The van der Waals surface area contributed by atoms with E-state index in [0.29, 0.717) is 18.1 Å². The number of aryl methyl sites for hydroxylation is 2. The van der Waals surface area contributed by atoms with Crippen molar-refractivity contribution in [2.24, 2.45) is 0 Å². The summed E-state index contributed by atoms with van der Waals surface area (Å²) in [6.45, 7) is 3.98. The third kappa shape index (κ3) is 3.97. The Hall–Kier alpha value is -1.62. The molecule has 10 heteroatoms. The molecule has 0 atom stereocenters. The van der Waals surface area contributed by atoms with Crippen LogP contribution < -0.4 is 0 Å². The minimum absolute atomic E-state index is 0.0437. The van der Waals surface area contributed by atoms with Crippen molar-refractivity contribution in [1.82, 2.24) is 19.4 Å². The lowest BCUT2D eigenvalue weighted by molar-refractivity contribution is 0.334. The van der Waals surface area contributed by atoms with Crippen LogP contribution in [0.4, 0.5) is 0 Å². The first-order valence-electron chi connectivity index (χ1n) is 7.70. The van der Waals surface area contributed by atoms with Gasteiger partial charge in [-0.05, 0) is 25.5 Å². The number of hydrogen-bond donors (Lipinski definition) is 0. The van der Waals surface area contributed by atoms with Gasteiger partial charge in [-0.1, -0.05) is 12.1 Å². The summed E-state index contributed by atoms with van der Waals surface area (Å²) in [5, 5.41) is 6.72. The molecule has 0 bridgehead atoms. The maximum atomic E-state index is 12.7. The molecule has 0 aliphatic heterocycles. The maximum absolute atomic E-state index is 12.7. The van der Waals surface area contributed by atoms with E-state index in [2.05, 4.69) is 15.1 Å². The Morgan fingerprint density at radius 1 is 1.28 bits per heavy atom. The first kappa shape index (κ1) is 18.2. The van der Waals surface area contributed by atoms with Crippen LogP contribution in [0.3, 0.4) is 0 Å². The highest BCUT2D eigenvalue weighted by Crippen LogP contribution is 2.32. The van der Waals surface area contributed by atoms with Gasteiger partial charge in [0.05, 0.1) is 22.1 Å². The molecule has 0 unspecified atom stereocenters. The van der Waals surface area contributed by atoms with Crippen LogP contribution in [0.5, 0.6) is 0 Å². The molecule has 0 fully saturated rings. The first-order chi connectivity index (χ1) is 11.9. The summed E-state index contributed by atoms with van der Waals surface area (Å²) in [5.74, 6) is 0.891. The van der Waals surface area contributed by atoms with Crippen molar-refractivity contribution in [3.8, 4) is 10.6 Å². The lowest BCUT2D eigenvalue weighted by Crippen LogP contribution is -2.26. The van der Waals surface area contributed by atoms with Crippen LogP contribution in [-0.4, -0.2) is 34.9 Å². The quantitative estimate of drug-likeness (QED) is 0.606. The van der Waals surface area contributed by atoms with E-state index >= 15 is 0 Å². The average molecular weight is 399 g/mol. The van der Waals surface area contributed by atoms with Crippen LogP contribution in [0.25, 0.3) is 10.6 Å². The van der Waals surface area contributed by atoms with E-state index in [-0.39, 0.29) is 10.8 Å². The Labute approximate surface area is 154 Å². The predicted molar refractivity (Wildman–Crippen MR) is 97.1 cm³/mol. The molecule has 3 aromatic rings. The fourth-order valence-electron chi connectivity index (χ4n) is 2.18. The second-order valence-electron chi connectivity index (χ2n) is 5.49. The summed E-state index contributed by atoms with van der Waals surface area (Å²) < 4.78 is 32.1. The Balaban J connectivity index is 1.77. The maximum Gasteiger partial charge on any atom is 0.252 e. The molecule has 0 spiro atoms. The molecule has 25 heavy (non-hydrogen) atoms. The molecular formula is C15H18N4O3S3.